The summed E-state index contributed by atoms with van der Waals surface area (Å²) in [5, 5.41) is 2.98. The lowest BCUT2D eigenvalue weighted by Crippen LogP contribution is -2.40. The first-order chi connectivity index (χ1) is 19.1. The zero-order valence-electron chi connectivity index (χ0n) is 22.7. The Morgan fingerprint density at radius 1 is 0.923 bits per heavy atom. The van der Waals surface area contributed by atoms with Gasteiger partial charge in [-0.2, -0.15) is 0 Å². The Morgan fingerprint density at radius 3 is 2.36 bits per heavy atom. The van der Waals surface area contributed by atoms with Gasteiger partial charge in [0.05, 0.1) is 19.3 Å². The number of rotatable bonds is 12. The average Bonchev–Trinajstić information content (AvgIpc) is 3.49. The monoisotopic (exact) mass is 531 g/mol. The SMILES string of the molecule is CCOC(=O)c1ccc(NC(=O)N(CCN2CCCC2)Cc2ccc(OC)c(OCc3ccccc3)c2)cc1. The number of methoxy groups -OCH3 is 1. The van der Waals surface area contributed by atoms with Crippen LogP contribution in [0.5, 0.6) is 11.5 Å². The molecule has 1 aliphatic rings. The summed E-state index contributed by atoms with van der Waals surface area (Å²) in [6.07, 6.45) is 2.39. The molecule has 1 saturated heterocycles. The lowest BCUT2D eigenvalue weighted by Gasteiger charge is -2.26. The molecule has 1 heterocycles. The van der Waals surface area contributed by atoms with Crippen molar-refractivity contribution in [1.82, 2.24) is 9.80 Å². The first-order valence-electron chi connectivity index (χ1n) is 13.4. The fraction of sp³-hybridized carbons (Fsp3) is 0.355. The maximum absolute atomic E-state index is 13.4. The van der Waals surface area contributed by atoms with Crippen molar-refractivity contribution in [2.75, 3.05) is 45.2 Å². The van der Waals surface area contributed by atoms with E-state index in [-0.39, 0.29) is 12.0 Å². The predicted octanol–water partition coefficient (Wildman–Crippen LogP) is 5.58. The molecule has 0 bridgehead atoms. The fourth-order valence-corrected chi connectivity index (χ4v) is 4.52. The third-order valence-corrected chi connectivity index (χ3v) is 6.66. The predicted molar refractivity (Wildman–Crippen MR) is 151 cm³/mol. The third-order valence-electron chi connectivity index (χ3n) is 6.66. The quantitative estimate of drug-likeness (QED) is 0.307. The Morgan fingerprint density at radius 2 is 1.67 bits per heavy atom. The molecular formula is C31H37N3O5. The standard InChI is InChI=1S/C31H37N3O5/c1-3-38-30(35)26-12-14-27(15-13-26)32-31(36)34(20-19-33-17-7-8-18-33)22-25-11-16-28(37-2)29(21-25)39-23-24-9-5-4-6-10-24/h4-6,9-16,21H,3,7-8,17-20,22-23H2,1-2H3,(H,32,36). The minimum Gasteiger partial charge on any atom is -0.493 e. The number of likely N-dealkylation sites (tertiary alicyclic amines) is 1. The minimum atomic E-state index is -0.382. The van der Waals surface area contributed by atoms with E-state index in [0.717, 1.165) is 30.8 Å². The molecule has 1 aliphatic heterocycles. The van der Waals surface area contributed by atoms with E-state index in [2.05, 4.69) is 10.2 Å². The highest BCUT2D eigenvalue weighted by molar-refractivity contribution is 5.92. The number of ether oxygens (including phenoxy) is 3. The summed E-state index contributed by atoms with van der Waals surface area (Å²) in [5.74, 6) is 0.894. The number of nitrogens with zero attached hydrogens (tertiary/aromatic N) is 2. The van der Waals surface area contributed by atoms with Crippen LogP contribution in [0.2, 0.25) is 0 Å². The molecule has 8 heteroatoms. The van der Waals surface area contributed by atoms with E-state index in [0.29, 0.717) is 49.1 Å². The van der Waals surface area contributed by atoms with Gasteiger partial charge in [0.2, 0.25) is 0 Å². The van der Waals surface area contributed by atoms with Crippen molar-refractivity contribution in [3.63, 3.8) is 0 Å². The highest BCUT2D eigenvalue weighted by Crippen LogP contribution is 2.29. The van der Waals surface area contributed by atoms with Crippen LogP contribution in [0, 0.1) is 0 Å². The molecule has 0 radical (unpaired) electrons. The maximum atomic E-state index is 13.4. The Hall–Kier alpha value is -4.04. The number of amides is 2. The van der Waals surface area contributed by atoms with E-state index in [4.69, 9.17) is 14.2 Å². The van der Waals surface area contributed by atoms with Crippen LogP contribution in [0.15, 0.2) is 72.8 Å². The molecule has 0 spiro atoms. The number of hydrogen-bond donors (Lipinski definition) is 1. The topological polar surface area (TPSA) is 80.3 Å². The first kappa shape index (κ1) is 28.0. The van der Waals surface area contributed by atoms with Gasteiger partial charge < -0.3 is 29.3 Å². The number of esters is 1. The molecule has 206 valence electrons. The van der Waals surface area contributed by atoms with Crippen molar-refractivity contribution in [2.24, 2.45) is 0 Å². The Balaban J connectivity index is 1.46. The van der Waals surface area contributed by atoms with Crippen LogP contribution in [-0.2, 0) is 17.9 Å². The van der Waals surface area contributed by atoms with E-state index in [1.165, 1.54) is 12.8 Å². The van der Waals surface area contributed by atoms with Gasteiger partial charge in [0, 0.05) is 25.3 Å². The molecule has 2 amide bonds. The summed E-state index contributed by atoms with van der Waals surface area (Å²) in [6.45, 7) is 6.42. The van der Waals surface area contributed by atoms with Crippen molar-refractivity contribution in [1.29, 1.82) is 0 Å². The van der Waals surface area contributed by atoms with Gasteiger partial charge in [0.1, 0.15) is 6.61 Å². The van der Waals surface area contributed by atoms with Crippen molar-refractivity contribution < 1.29 is 23.8 Å². The Labute approximate surface area is 230 Å². The van der Waals surface area contributed by atoms with Crippen LogP contribution in [0.25, 0.3) is 0 Å². The summed E-state index contributed by atoms with van der Waals surface area (Å²) in [5.41, 5.74) is 3.06. The molecule has 0 atom stereocenters. The molecule has 8 nitrogen and oxygen atoms in total. The average molecular weight is 532 g/mol. The lowest BCUT2D eigenvalue weighted by molar-refractivity contribution is 0.0526. The highest BCUT2D eigenvalue weighted by atomic mass is 16.5. The molecule has 3 aromatic carbocycles. The number of hydrogen-bond acceptors (Lipinski definition) is 6. The number of urea groups is 1. The van der Waals surface area contributed by atoms with Crippen LogP contribution in [0.4, 0.5) is 10.5 Å². The van der Waals surface area contributed by atoms with Gasteiger partial charge in [-0.3, -0.25) is 0 Å². The van der Waals surface area contributed by atoms with Crippen LogP contribution >= 0.6 is 0 Å². The summed E-state index contributed by atoms with van der Waals surface area (Å²) < 4.78 is 16.7. The van der Waals surface area contributed by atoms with Crippen LogP contribution < -0.4 is 14.8 Å². The fourth-order valence-electron chi connectivity index (χ4n) is 4.52. The number of benzene rings is 3. The molecule has 39 heavy (non-hydrogen) atoms. The van der Waals surface area contributed by atoms with E-state index in [9.17, 15) is 9.59 Å². The van der Waals surface area contributed by atoms with Crippen molar-refractivity contribution in [3.05, 3.63) is 89.5 Å². The molecule has 0 unspecified atom stereocenters. The normalized spacial score (nSPS) is 13.1. The van der Waals surface area contributed by atoms with Crippen molar-refractivity contribution in [3.8, 4) is 11.5 Å². The number of carbonyl (C=O) groups excluding carboxylic acids is 2. The molecule has 1 fully saturated rings. The largest absolute Gasteiger partial charge is 0.493 e. The minimum absolute atomic E-state index is 0.208. The molecule has 4 rings (SSSR count). The molecule has 0 aliphatic carbocycles. The van der Waals surface area contributed by atoms with Gasteiger partial charge in [0.25, 0.3) is 0 Å². The summed E-state index contributed by atoms with van der Waals surface area (Å²) in [4.78, 5) is 29.6. The summed E-state index contributed by atoms with van der Waals surface area (Å²) in [7, 11) is 1.62. The van der Waals surface area contributed by atoms with Crippen LogP contribution in [0.1, 0.15) is 41.3 Å². The molecule has 3 aromatic rings. The summed E-state index contributed by atoms with van der Waals surface area (Å²) in [6, 6.07) is 22.3. The van der Waals surface area contributed by atoms with Crippen LogP contribution in [0.3, 0.4) is 0 Å². The Bertz CT molecular complexity index is 1210. The van der Waals surface area contributed by atoms with Crippen molar-refractivity contribution in [2.45, 2.75) is 32.9 Å². The van der Waals surface area contributed by atoms with Gasteiger partial charge >= 0.3 is 12.0 Å². The van der Waals surface area contributed by atoms with Gasteiger partial charge in [-0.1, -0.05) is 36.4 Å². The van der Waals surface area contributed by atoms with Gasteiger partial charge in [-0.15, -0.1) is 0 Å². The second kappa shape index (κ2) is 14.2. The zero-order chi connectivity index (χ0) is 27.5. The smallest absolute Gasteiger partial charge is 0.338 e. The second-order valence-corrected chi connectivity index (χ2v) is 9.46. The van der Waals surface area contributed by atoms with Crippen LogP contribution in [-0.4, -0.2) is 61.7 Å². The molecule has 0 saturated carbocycles. The molecule has 0 aromatic heterocycles. The summed E-state index contributed by atoms with van der Waals surface area (Å²) >= 11 is 0. The maximum Gasteiger partial charge on any atom is 0.338 e. The zero-order valence-corrected chi connectivity index (χ0v) is 22.7. The molecule has 1 N–H and O–H groups in total. The van der Waals surface area contributed by atoms with E-state index < -0.39 is 0 Å². The van der Waals surface area contributed by atoms with E-state index in [1.807, 2.05) is 48.5 Å². The van der Waals surface area contributed by atoms with Gasteiger partial charge in [-0.05, 0) is 80.4 Å². The first-order valence-corrected chi connectivity index (χ1v) is 13.4. The number of anilines is 1. The van der Waals surface area contributed by atoms with Crippen molar-refractivity contribution >= 4 is 17.7 Å². The lowest BCUT2D eigenvalue weighted by atomic mass is 10.1. The second-order valence-electron chi connectivity index (χ2n) is 9.46. The molecular weight excluding hydrogens is 494 g/mol. The van der Waals surface area contributed by atoms with E-state index in [1.54, 1.807) is 43.2 Å². The highest BCUT2D eigenvalue weighted by Gasteiger charge is 2.19. The number of carbonyl (C=O) groups is 2. The van der Waals surface area contributed by atoms with Gasteiger partial charge in [0.15, 0.2) is 11.5 Å². The third kappa shape index (κ3) is 8.22. The van der Waals surface area contributed by atoms with E-state index >= 15 is 0 Å². The van der Waals surface area contributed by atoms with Gasteiger partial charge in [-0.25, -0.2) is 9.59 Å². The number of nitrogens with one attached hydrogen (secondary N) is 1. The Kier molecular flexibility index (Phi) is 10.2.